The van der Waals surface area contributed by atoms with E-state index in [1.807, 2.05) is 11.8 Å². The Balaban J connectivity index is 2.03. The summed E-state index contributed by atoms with van der Waals surface area (Å²) in [4.78, 5) is 12.2. The van der Waals surface area contributed by atoms with Gasteiger partial charge in [-0.3, -0.25) is 4.79 Å². The molecule has 1 saturated carbocycles. The van der Waals surface area contributed by atoms with Crippen molar-refractivity contribution in [2.75, 3.05) is 18.6 Å². The number of hydrogen-bond acceptors (Lipinski definition) is 3. The van der Waals surface area contributed by atoms with Crippen LogP contribution in [0.5, 0.6) is 0 Å². The van der Waals surface area contributed by atoms with E-state index in [1.165, 1.54) is 25.0 Å². The van der Waals surface area contributed by atoms with Gasteiger partial charge < -0.3 is 11.1 Å². The third-order valence-corrected chi connectivity index (χ3v) is 4.30. The number of nitrogens with two attached hydrogens (primary N) is 1. The van der Waals surface area contributed by atoms with E-state index in [1.54, 1.807) is 0 Å². The van der Waals surface area contributed by atoms with Gasteiger partial charge in [0, 0.05) is 6.54 Å². The summed E-state index contributed by atoms with van der Waals surface area (Å²) in [5, 5.41) is 2.95. The second-order valence-electron chi connectivity index (χ2n) is 4.61. The molecule has 0 aromatic rings. The summed E-state index contributed by atoms with van der Waals surface area (Å²) in [7, 11) is 0. The van der Waals surface area contributed by atoms with E-state index < -0.39 is 5.41 Å². The van der Waals surface area contributed by atoms with Crippen LogP contribution in [0.15, 0.2) is 0 Å². The highest BCUT2D eigenvalue weighted by Crippen LogP contribution is 2.46. The molecule has 0 aliphatic heterocycles. The summed E-state index contributed by atoms with van der Waals surface area (Å²) in [6.07, 6.45) is 8.52. The molecule has 0 saturated heterocycles. The molecular weight excluding hydrogens is 252 g/mol. The van der Waals surface area contributed by atoms with E-state index in [0.717, 1.165) is 25.8 Å². The zero-order valence-electron chi connectivity index (χ0n) is 10.5. The number of hydrogen-bond donors (Lipinski definition) is 2. The molecule has 5 heteroatoms. The topological polar surface area (TPSA) is 55.1 Å². The molecule has 0 unspecified atom stereocenters. The first-order valence-corrected chi connectivity index (χ1v) is 8.01. The molecule has 3 N–H and O–H groups in total. The summed E-state index contributed by atoms with van der Waals surface area (Å²) in [6.45, 7) is 0.752. The van der Waals surface area contributed by atoms with Gasteiger partial charge in [-0.25, -0.2) is 0 Å². The first-order valence-electron chi connectivity index (χ1n) is 6.20. The third-order valence-electron chi connectivity index (χ3n) is 3.22. The Bertz CT molecular complexity index is 278. The third kappa shape index (κ3) is 4.47. The van der Waals surface area contributed by atoms with Crippen LogP contribution in [-0.2, 0) is 4.79 Å². The van der Waals surface area contributed by atoms with E-state index in [9.17, 15) is 4.79 Å². The van der Waals surface area contributed by atoms with Crippen molar-refractivity contribution >= 4 is 34.9 Å². The SMILES string of the molecule is CSCCCCCCNC(=O)C1(C(N)=S)CC1. The van der Waals surface area contributed by atoms with Gasteiger partial charge in [-0.05, 0) is 37.7 Å². The van der Waals surface area contributed by atoms with Crippen LogP contribution in [0.2, 0.25) is 0 Å². The summed E-state index contributed by atoms with van der Waals surface area (Å²) < 4.78 is 0. The largest absolute Gasteiger partial charge is 0.392 e. The predicted octanol–water partition coefficient (Wildman–Crippen LogP) is 2.09. The molecule has 0 heterocycles. The van der Waals surface area contributed by atoms with Crippen LogP contribution in [0.4, 0.5) is 0 Å². The Kier molecular flexibility index (Phi) is 6.27. The van der Waals surface area contributed by atoms with Crippen molar-refractivity contribution in [2.24, 2.45) is 11.1 Å². The number of carbonyl (C=O) groups is 1. The first-order chi connectivity index (χ1) is 8.13. The smallest absolute Gasteiger partial charge is 0.233 e. The van der Waals surface area contributed by atoms with Gasteiger partial charge in [0.25, 0.3) is 0 Å². The molecule has 17 heavy (non-hydrogen) atoms. The average Bonchev–Trinajstić information content (AvgIpc) is 3.08. The molecule has 1 fully saturated rings. The number of carbonyl (C=O) groups excluding carboxylic acids is 1. The Morgan fingerprint density at radius 3 is 2.53 bits per heavy atom. The molecule has 0 aromatic carbocycles. The van der Waals surface area contributed by atoms with Gasteiger partial charge in [-0.15, -0.1) is 0 Å². The summed E-state index contributed by atoms with van der Waals surface area (Å²) in [6, 6.07) is 0. The second kappa shape index (κ2) is 7.21. The standard InChI is InChI=1S/C12H22N2OS2/c1-17-9-5-3-2-4-8-14-11(15)12(6-7-12)10(13)16/h2-9H2,1H3,(H2,13,16)(H,14,15). The molecule has 0 spiro atoms. The van der Waals surface area contributed by atoms with Crippen LogP contribution >= 0.6 is 24.0 Å². The maximum absolute atomic E-state index is 11.8. The van der Waals surface area contributed by atoms with Crippen molar-refractivity contribution in [3.63, 3.8) is 0 Å². The van der Waals surface area contributed by atoms with Crippen molar-refractivity contribution in [3.8, 4) is 0 Å². The van der Waals surface area contributed by atoms with Gasteiger partial charge >= 0.3 is 0 Å². The number of rotatable bonds is 9. The fourth-order valence-electron chi connectivity index (χ4n) is 1.81. The van der Waals surface area contributed by atoms with Gasteiger partial charge in [0.15, 0.2) is 0 Å². The lowest BCUT2D eigenvalue weighted by molar-refractivity contribution is -0.124. The average molecular weight is 274 g/mol. The number of thioether (sulfide) groups is 1. The van der Waals surface area contributed by atoms with Crippen molar-refractivity contribution < 1.29 is 4.79 Å². The van der Waals surface area contributed by atoms with Crippen LogP contribution in [-0.4, -0.2) is 29.4 Å². The van der Waals surface area contributed by atoms with Crippen LogP contribution < -0.4 is 11.1 Å². The van der Waals surface area contributed by atoms with Gasteiger partial charge in [0.1, 0.15) is 0 Å². The highest BCUT2D eigenvalue weighted by molar-refractivity contribution is 7.98. The van der Waals surface area contributed by atoms with Crippen LogP contribution in [0, 0.1) is 5.41 Å². The maximum Gasteiger partial charge on any atom is 0.233 e. The molecule has 0 radical (unpaired) electrons. The van der Waals surface area contributed by atoms with Gasteiger partial charge in [-0.2, -0.15) is 11.8 Å². The Hall–Kier alpha value is -0.290. The van der Waals surface area contributed by atoms with E-state index in [0.29, 0.717) is 4.99 Å². The minimum absolute atomic E-state index is 0.0362. The van der Waals surface area contributed by atoms with Crippen molar-refractivity contribution in [1.29, 1.82) is 0 Å². The summed E-state index contributed by atoms with van der Waals surface area (Å²) >= 11 is 6.82. The highest BCUT2D eigenvalue weighted by Gasteiger charge is 2.52. The summed E-state index contributed by atoms with van der Waals surface area (Å²) in [5.74, 6) is 1.27. The monoisotopic (exact) mass is 274 g/mol. The van der Waals surface area contributed by atoms with Crippen molar-refractivity contribution in [1.82, 2.24) is 5.32 Å². The van der Waals surface area contributed by atoms with E-state index in [2.05, 4.69) is 11.6 Å². The quantitative estimate of drug-likeness (QED) is 0.499. The molecule has 0 atom stereocenters. The van der Waals surface area contributed by atoms with Gasteiger partial charge in [0.2, 0.25) is 5.91 Å². The normalized spacial score (nSPS) is 16.5. The van der Waals surface area contributed by atoms with Crippen molar-refractivity contribution in [3.05, 3.63) is 0 Å². The van der Waals surface area contributed by atoms with Crippen LogP contribution in [0.1, 0.15) is 38.5 Å². The second-order valence-corrected chi connectivity index (χ2v) is 6.03. The molecule has 0 bridgehead atoms. The molecule has 98 valence electrons. The minimum atomic E-state index is -0.492. The zero-order valence-corrected chi connectivity index (χ0v) is 12.1. The number of unbranched alkanes of at least 4 members (excludes halogenated alkanes) is 3. The molecule has 1 rings (SSSR count). The number of amides is 1. The lowest BCUT2D eigenvalue weighted by atomic mass is 10.1. The summed E-state index contributed by atoms with van der Waals surface area (Å²) in [5.41, 5.74) is 5.10. The first kappa shape index (κ1) is 14.8. The molecule has 0 aromatic heterocycles. The van der Waals surface area contributed by atoms with Gasteiger partial charge in [-0.1, -0.05) is 25.1 Å². The Labute approximate surface area is 113 Å². The molecule has 1 aliphatic rings. The molecular formula is C12H22N2OS2. The van der Waals surface area contributed by atoms with Crippen LogP contribution in [0.3, 0.4) is 0 Å². The fraction of sp³-hybridized carbons (Fsp3) is 0.833. The lowest BCUT2D eigenvalue weighted by Gasteiger charge is -2.13. The van der Waals surface area contributed by atoms with Gasteiger partial charge in [0.05, 0.1) is 10.4 Å². The number of thiocarbonyl (C=S) groups is 1. The molecule has 1 aliphatic carbocycles. The molecule has 3 nitrogen and oxygen atoms in total. The predicted molar refractivity (Wildman–Crippen MR) is 78.3 cm³/mol. The minimum Gasteiger partial charge on any atom is -0.392 e. The van der Waals surface area contributed by atoms with Crippen LogP contribution in [0.25, 0.3) is 0 Å². The maximum atomic E-state index is 11.8. The molecule has 1 amide bonds. The Morgan fingerprint density at radius 2 is 2.00 bits per heavy atom. The van der Waals surface area contributed by atoms with E-state index in [-0.39, 0.29) is 5.91 Å². The number of nitrogens with one attached hydrogen (secondary N) is 1. The van der Waals surface area contributed by atoms with E-state index >= 15 is 0 Å². The van der Waals surface area contributed by atoms with Crippen molar-refractivity contribution in [2.45, 2.75) is 38.5 Å². The zero-order chi connectivity index (χ0) is 12.7. The highest BCUT2D eigenvalue weighted by atomic mass is 32.2. The lowest BCUT2D eigenvalue weighted by Crippen LogP contribution is -2.39. The Morgan fingerprint density at radius 1 is 1.35 bits per heavy atom. The fourth-order valence-corrected chi connectivity index (χ4v) is 2.60. The van der Waals surface area contributed by atoms with E-state index in [4.69, 9.17) is 18.0 Å².